The summed E-state index contributed by atoms with van der Waals surface area (Å²) in [5, 5.41) is 19.7. The maximum Gasteiger partial charge on any atom is 0.251 e. The van der Waals surface area contributed by atoms with Gasteiger partial charge >= 0.3 is 0 Å². The molecule has 10 heteroatoms. The van der Waals surface area contributed by atoms with E-state index in [9.17, 15) is 14.7 Å². The number of carbonyl (C=O) groups is 2. The van der Waals surface area contributed by atoms with E-state index in [0.29, 0.717) is 36.6 Å². The highest BCUT2D eigenvalue weighted by Gasteiger charge is 2.12. The molecule has 0 aliphatic rings. The van der Waals surface area contributed by atoms with Crippen LogP contribution in [0.25, 0.3) is 0 Å². The van der Waals surface area contributed by atoms with Crippen molar-refractivity contribution in [3.63, 3.8) is 0 Å². The van der Waals surface area contributed by atoms with Crippen LogP contribution < -0.4 is 26.4 Å². The minimum Gasteiger partial charge on any atom is -0.387 e. The lowest BCUT2D eigenvalue weighted by Crippen LogP contribution is -2.32. The van der Waals surface area contributed by atoms with Gasteiger partial charge < -0.3 is 26.8 Å². The molecule has 4 rings (SSSR count). The molecule has 4 aromatic rings. The van der Waals surface area contributed by atoms with Crippen LogP contribution in [0.2, 0.25) is 0 Å². The van der Waals surface area contributed by atoms with E-state index in [1.807, 2.05) is 67.7 Å². The van der Waals surface area contributed by atoms with Crippen molar-refractivity contribution in [1.82, 2.24) is 25.7 Å². The zero-order valence-electron chi connectivity index (χ0n) is 25.0. The first kappa shape index (κ1) is 32.7. The van der Waals surface area contributed by atoms with E-state index in [1.165, 1.54) is 11.9 Å². The Balaban J connectivity index is 1.19. The first-order valence-electron chi connectivity index (χ1n) is 14.6. The molecule has 0 aliphatic heterocycles. The van der Waals surface area contributed by atoms with Gasteiger partial charge in [0.2, 0.25) is 5.91 Å². The van der Waals surface area contributed by atoms with Crippen molar-refractivity contribution in [2.75, 3.05) is 19.3 Å². The summed E-state index contributed by atoms with van der Waals surface area (Å²) in [6, 6.07) is 26.8. The summed E-state index contributed by atoms with van der Waals surface area (Å²) in [6.45, 7) is 3.28. The fourth-order valence-corrected chi connectivity index (χ4v) is 5.27. The number of aliphatic hydroxyl groups is 1. The Kier molecular flexibility index (Phi) is 12.3. The van der Waals surface area contributed by atoms with Crippen molar-refractivity contribution in [3.05, 3.63) is 125 Å². The van der Waals surface area contributed by atoms with Crippen LogP contribution in [0.15, 0.2) is 96.0 Å². The normalized spacial score (nSPS) is 12.3. The van der Waals surface area contributed by atoms with Crippen molar-refractivity contribution >= 4 is 29.6 Å². The molecule has 0 radical (unpaired) electrons. The highest BCUT2D eigenvalue weighted by Crippen LogP contribution is 2.16. The SMILES string of the molecule is CNSc1cccc(CNC(=O)c2ccc(CNC(=O)Cc3cccc(CC(C)NCC(O)c4ccc(N)nc4)c3)cc2)c1. The van der Waals surface area contributed by atoms with Crippen LogP contribution in [0.4, 0.5) is 5.82 Å². The van der Waals surface area contributed by atoms with E-state index in [4.69, 9.17) is 5.73 Å². The average Bonchev–Trinajstić information content (AvgIpc) is 3.02. The van der Waals surface area contributed by atoms with Gasteiger partial charge in [-0.2, -0.15) is 0 Å². The maximum absolute atomic E-state index is 12.7. The highest BCUT2D eigenvalue weighted by molar-refractivity contribution is 7.97. The number of carbonyl (C=O) groups excluding carboxylic acids is 2. The van der Waals surface area contributed by atoms with E-state index in [-0.39, 0.29) is 24.3 Å². The molecule has 44 heavy (non-hydrogen) atoms. The Morgan fingerprint density at radius 2 is 1.61 bits per heavy atom. The molecular formula is C34H40N6O3S. The van der Waals surface area contributed by atoms with Crippen LogP contribution in [0, 0.1) is 0 Å². The number of nitrogens with two attached hydrogens (primary N) is 1. The van der Waals surface area contributed by atoms with E-state index in [1.54, 1.807) is 30.5 Å². The third-order valence-corrected chi connectivity index (χ3v) is 7.72. The Bertz CT molecular complexity index is 1510. The van der Waals surface area contributed by atoms with E-state index in [2.05, 4.69) is 32.6 Å². The molecular weight excluding hydrogens is 572 g/mol. The molecule has 9 nitrogen and oxygen atoms in total. The predicted octanol–water partition coefficient (Wildman–Crippen LogP) is 3.93. The number of nitrogen functional groups attached to an aromatic ring is 1. The van der Waals surface area contributed by atoms with Gasteiger partial charge in [-0.3, -0.25) is 14.3 Å². The summed E-state index contributed by atoms with van der Waals surface area (Å²) in [5.41, 5.74) is 10.9. The number of nitrogens with zero attached hydrogens (tertiary/aromatic N) is 1. The first-order chi connectivity index (χ1) is 21.3. The molecule has 2 atom stereocenters. The van der Waals surface area contributed by atoms with Gasteiger partial charge in [0, 0.05) is 47.9 Å². The van der Waals surface area contributed by atoms with Gasteiger partial charge in [-0.1, -0.05) is 54.6 Å². The lowest BCUT2D eigenvalue weighted by molar-refractivity contribution is -0.120. The monoisotopic (exact) mass is 612 g/mol. The smallest absolute Gasteiger partial charge is 0.251 e. The van der Waals surface area contributed by atoms with Crippen LogP contribution >= 0.6 is 11.9 Å². The second kappa shape index (κ2) is 16.6. The molecule has 7 N–H and O–H groups in total. The fraction of sp³-hybridized carbons (Fsp3) is 0.265. The van der Waals surface area contributed by atoms with Crippen LogP contribution in [-0.4, -0.2) is 41.5 Å². The first-order valence-corrected chi connectivity index (χ1v) is 15.4. The quantitative estimate of drug-likeness (QED) is 0.111. The average molecular weight is 613 g/mol. The topological polar surface area (TPSA) is 141 Å². The molecule has 0 saturated carbocycles. The minimum absolute atomic E-state index is 0.0750. The zero-order chi connectivity index (χ0) is 31.3. The number of anilines is 1. The number of benzene rings is 3. The lowest BCUT2D eigenvalue weighted by atomic mass is 10.0. The summed E-state index contributed by atoms with van der Waals surface area (Å²) < 4.78 is 3.05. The molecule has 0 aliphatic carbocycles. The van der Waals surface area contributed by atoms with Gasteiger partial charge in [0.15, 0.2) is 0 Å². The minimum atomic E-state index is -0.676. The van der Waals surface area contributed by atoms with Gasteiger partial charge in [0.25, 0.3) is 5.91 Å². The number of amides is 2. The van der Waals surface area contributed by atoms with Crippen molar-refractivity contribution in [1.29, 1.82) is 0 Å². The number of aromatic nitrogens is 1. The molecule has 0 spiro atoms. The number of pyridine rings is 1. The molecule has 230 valence electrons. The van der Waals surface area contributed by atoms with Gasteiger partial charge in [0.05, 0.1) is 12.5 Å². The largest absolute Gasteiger partial charge is 0.387 e. The van der Waals surface area contributed by atoms with Crippen molar-refractivity contribution < 1.29 is 14.7 Å². The molecule has 0 saturated heterocycles. The van der Waals surface area contributed by atoms with Gasteiger partial charge in [-0.25, -0.2) is 4.98 Å². The van der Waals surface area contributed by atoms with Crippen LogP contribution in [0.1, 0.15) is 51.2 Å². The van der Waals surface area contributed by atoms with Gasteiger partial charge in [-0.15, -0.1) is 0 Å². The lowest BCUT2D eigenvalue weighted by Gasteiger charge is -2.18. The van der Waals surface area contributed by atoms with Crippen LogP contribution in [-0.2, 0) is 30.7 Å². The van der Waals surface area contributed by atoms with Crippen molar-refractivity contribution in [3.8, 4) is 0 Å². The van der Waals surface area contributed by atoms with Gasteiger partial charge in [-0.05, 0) is 84.9 Å². The summed E-state index contributed by atoms with van der Waals surface area (Å²) >= 11 is 1.53. The van der Waals surface area contributed by atoms with Gasteiger partial charge in [0.1, 0.15) is 5.82 Å². The van der Waals surface area contributed by atoms with Crippen molar-refractivity contribution in [2.45, 2.75) is 49.9 Å². The predicted molar refractivity (Wildman–Crippen MR) is 176 cm³/mol. The molecule has 3 aromatic carbocycles. The number of aliphatic hydroxyl groups excluding tert-OH is 1. The highest BCUT2D eigenvalue weighted by atomic mass is 32.2. The Morgan fingerprint density at radius 1 is 0.886 bits per heavy atom. The van der Waals surface area contributed by atoms with E-state index >= 15 is 0 Å². The summed E-state index contributed by atoms with van der Waals surface area (Å²) in [4.78, 5) is 30.4. The maximum atomic E-state index is 12.7. The summed E-state index contributed by atoms with van der Waals surface area (Å²) in [7, 11) is 1.87. The third kappa shape index (κ3) is 10.5. The fourth-order valence-electron chi connectivity index (χ4n) is 4.68. The third-order valence-electron chi connectivity index (χ3n) is 7.03. The second-order valence-corrected chi connectivity index (χ2v) is 11.7. The van der Waals surface area contributed by atoms with E-state index in [0.717, 1.165) is 33.6 Å². The van der Waals surface area contributed by atoms with E-state index < -0.39 is 6.10 Å². The van der Waals surface area contributed by atoms with Crippen molar-refractivity contribution in [2.24, 2.45) is 0 Å². The summed E-state index contributed by atoms with van der Waals surface area (Å²) in [6.07, 6.45) is 1.93. The Labute approximate surface area is 263 Å². The standard InChI is InChI=1S/C34H40N6O3S/c1-23(37-22-31(41)29-13-14-32(35)38-21-29)15-25-5-3-6-26(16-25)18-33(42)39-19-24-9-11-28(12-10-24)34(43)40-20-27-7-4-8-30(17-27)44-36-2/h3-14,16-17,21,23,31,36-37,41H,15,18-20,22H2,1-2H3,(H2,35,38)(H,39,42)(H,40,43). The Hall–Kier alpha value is -4.22. The molecule has 2 amide bonds. The molecule has 1 heterocycles. The molecule has 0 bridgehead atoms. The Morgan fingerprint density at radius 3 is 2.36 bits per heavy atom. The number of nitrogens with one attached hydrogen (secondary N) is 4. The number of hydrogen-bond acceptors (Lipinski definition) is 8. The number of hydrogen-bond donors (Lipinski definition) is 6. The van der Waals surface area contributed by atoms with Crippen LogP contribution in [0.5, 0.6) is 0 Å². The van der Waals surface area contributed by atoms with Crippen LogP contribution in [0.3, 0.4) is 0 Å². The second-order valence-electron chi connectivity index (χ2n) is 10.7. The number of rotatable bonds is 15. The summed E-state index contributed by atoms with van der Waals surface area (Å²) in [5.74, 6) is 0.199. The molecule has 2 unspecified atom stereocenters. The molecule has 0 fully saturated rings. The molecule has 1 aromatic heterocycles. The zero-order valence-corrected chi connectivity index (χ0v) is 25.9.